The highest BCUT2D eigenvalue weighted by Gasteiger charge is 2.04. The second kappa shape index (κ2) is 8.09. The summed E-state index contributed by atoms with van der Waals surface area (Å²) >= 11 is 4.80. The maximum atomic E-state index is 13.0. The second-order valence-electron chi connectivity index (χ2n) is 5.04. The smallest absolute Gasteiger partial charge is 0.205 e. The molecule has 0 unspecified atom stereocenters. The number of nitrogens with two attached hydrogens (primary N) is 1. The van der Waals surface area contributed by atoms with Crippen molar-refractivity contribution < 1.29 is 9.13 Å². The van der Waals surface area contributed by atoms with Crippen molar-refractivity contribution in [1.29, 1.82) is 0 Å². The number of halogens is 2. The molecule has 0 atom stereocenters. The number of rotatable bonds is 6. The Bertz CT molecular complexity index is 883. The van der Waals surface area contributed by atoms with E-state index in [4.69, 9.17) is 10.5 Å². The third kappa shape index (κ3) is 5.01. The van der Waals surface area contributed by atoms with Crippen LogP contribution in [0.5, 0.6) is 5.75 Å². The molecule has 5 nitrogen and oxygen atoms in total. The summed E-state index contributed by atoms with van der Waals surface area (Å²) in [5.74, 6) is 0.847. The van der Waals surface area contributed by atoms with Crippen LogP contribution in [-0.2, 0) is 6.61 Å². The summed E-state index contributed by atoms with van der Waals surface area (Å²) in [6.07, 6.45) is 1.64. The highest BCUT2D eigenvalue weighted by Crippen LogP contribution is 2.23. The largest absolute Gasteiger partial charge is 0.488 e. The van der Waals surface area contributed by atoms with Crippen molar-refractivity contribution in [1.82, 2.24) is 4.98 Å². The van der Waals surface area contributed by atoms with Gasteiger partial charge in [-0.15, -0.1) is 11.3 Å². The van der Waals surface area contributed by atoms with Crippen LogP contribution in [0.1, 0.15) is 11.1 Å². The van der Waals surface area contributed by atoms with Crippen molar-refractivity contribution in [2.24, 2.45) is 5.10 Å². The van der Waals surface area contributed by atoms with Gasteiger partial charge in [0.15, 0.2) is 0 Å². The van der Waals surface area contributed by atoms with Gasteiger partial charge < -0.3 is 10.5 Å². The van der Waals surface area contributed by atoms with Crippen LogP contribution < -0.4 is 15.9 Å². The molecule has 2 aromatic carbocycles. The number of nitrogens with zero attached hydrogens (tertiary/aromatic N) is 2. The SMILES string of the molecule is Nc1csc(NN=Cc2cc(Br)ccc2OCc2ccc(F)cc2)n1. The molecule has 1 aromatic heterocycles. The van der Waals surface area contributed by atoms with E-state index >= 15 is 0 Å². The number of ether oxygens (including phenoxy) is 1. The van der Waals surface area contributed by atoms with E-state index in [0.29, 0.717) is 23.3 Å². The number of anilines is 2. The molecule has 0 aliphatic heterocycles. The van der Waals surface area contributed by atoms with Gasteiger partial charge in [0, 0.05) is 15.4 Å². The Balaban J connectivity index is 1.70. The lowest BCUT2D eigenvalue weighted by Crippen LogP contribution is -1.99. The zero-order chi connectivity index (χ0) is 17.6. The van der Waals surface area contributed by atoms with Crippen LogP contribution in [0.15, 0.2) is 57.4 Å². The van der Waals surface area contributed by atoms with E-state index in [1.165, 1.54) is 23.5 Å². The van der Waals surface area contributed by atoms with Crippen LogP contribution >= 0.6 is 27.3 Å². The van der Waals surface area contributed by atoms with Gasteiger partial charge in [0.1, 0.15) is 24.0 Å². The second-order valence-corrected chi connectivity index (χ2v) is 6.82. The van der Waals surface area contributed by atoms with E-state index in [1.807, 2.05) is 18.2 Å². The Morgan fingerprint density at radius 3 is 2.80 bits per heavy atom. The Labute approximate surface area is 156 Å². The fourth-order valence-corrected chi connectivity index (χ4v) is 2.92. The molecule has 3 N–H and O–H groups in total. The van der Waals surface area contributed by atoms with E-state index in [9.17, 15) is 4.39 Å². The quantitative estimate of drug-likeness (QED) is 0.449. The normalized spacial score (nSPS) is 11.0. The Hall–Kier alpha value is -2.45. The third-order valence-electron chi connectivity index (χ3n) is 3.17. The summed E-state index contributed by atoms with van der Waals surface area (Å²) in [4.78, 5) is 4.07. The molecule has 3 rings (SSSR count). The number of nitrogens with one attached hydrogen (secondary N) is 1. The van der Waals surface area contributed by atoms with Crippen LogP contribution in [0.2, 0.25) is 0 Å². The molecule has 0 bridgehead atoms. The van der Waals surface area contributed by atoms with Crippen molar-refractivity contribution in [3.8, 4) is 5.75 Å². The summed E-state index contributed by atoms with van der Waals surface area (Å²) in [7, 11) is 0. The molecule has 0 spiro atoms. The van der Waals surface area contributed by atoms with E-state index in [2.05, 4.69) is 31.4 Å². The zero-order valence-corrected chi connectivity index (χ0v) is 15.3. The molecule has 0 saturated heterocycles. The van der Waals surface area contributed by atoms with Gasteiger partial charge in [-0.2, -0.15) is 5.10 Å². The molecule has 8 heteroatoms. The highest BCUT2D eigenvalue weighted by molar-refractivity contribution is 9.10. The predicted octanol–water partition coefficient (Wildman–Crippen LogP) is 4.65. The van der Waals surface area contributed by atoms with Gasteiger partial charge in [-0.05, 0) is 35.9 Å². The third-order valence-corrected chi connectivity index (χ3v) is 4.42. The van der Waals surface area contributed by atoms with E-state index < -0.39 is 0 Å². The Kier molecular flexibility index (Phi) is 5.62. The Morgan fingerprint density at radius 2 is 2.08 bits per heavy atom. The van der Waals surface area contributed by atoms with E-state index in [1.54, 1.807) is 23.7 Å². The van der Waals surface area contributed by atoms with Gasteiger partial charge in [-0.3, -0.25) is 5.43 Å². The number of thiazole rings is 1. The summed E-state index contributed by atoms with van der Waals surface area (Å²) in [6.45, 7) is 0.333. The van der Waals surface area contributed by atoms with Crippen molar-refractivity contribution in [3.63, 3.8) is 0 Å². The molecule has 1 heterocycles. The minimum atomic E-state index is -0.269. The first-order valence-corrected chi connectivity index (χ1v) is 8.94. The van der Waals surface area contributed by atoms with Crippen LogP contribution in [0, 0.1) is 5.82 Å². The molecule has 128 valence electrons. The number of aromatic nitrogens is 1. The molecule has 0 fully saturated rings. The van der Waals surface area contributed by atoms with Gasteiger partial charge in [-0.1, -0.05) is 28.1 Å². The fraction of sp³-hybridized carbons (Fsp3) is 0.0588. The average Bonchev–Trinajstić information content (AvgIpc) is 3.01. The molecule has 0 amide bonds. The molecule has 0 aliphatic carbocycles. The number of hydrogen-bond acceptors (Lipinski definition) is 6. The molecular formula is C17H14BrFN4OS. The first kappa shape index (κ1) is 17.4. The molecule has 0 aliphatic rings. The van der Waals surface area contributed by atoms with Gasteiger partial charge in [-0.25, -0.2) is 9.37 Å². The molecule has 3 aromatic rings. The van der Waals surface area contributed by atoms with Crippen molar-refractivity contribution in [2.45, 2.75) is 6.61 Å². The van der Waals surface area contributed by atoms with Gasteiger partial charge in [0.2, 0.25) is 5.13 Å². The summed E-state index contributed by atoms with van der Waals surface area (Å²) in [6, 6.07) is 11.8. The van der Waals surface area contributed by atoms with Crippen molar-refractivity contribution >= 4 is 44.4 Å². The number of hydrogen-bond donors (Lipinski definition) is 2. The van der Waals surface area contributed by atoms with Crippen LogP contribution in [-0.4, -0.2) is 11.2 Å². The van der Waals surface area contributed by atoms with E-state index in [0.717, 1.165) is 15.6 Å². The molecule has 0 saturated carbocycles. The monoisotopic (exact) mass is 420 g/mol. The zero-order valence-electron chi connectivity index (χ0n) is 12.9. The fourth-order valence-electron chi connectivity index (χ4n) is 1.99. The molecule has 25 heavy (non-hydrogen) atoms. The lowest BCUT2D eigenvalue weighted by molar-refractivity contribution is 0.305. The lowest BCUT2D eigenvalue weighted by Gasteiger charge is -2.09. The van der Waals surface area contributed by atoms with Gasteiger partial charge in [0.25, 0.3) is 0 Å². The topological polar surface area (TPSA) is 72.5 Å². The average molecular weight is 421 g/mol. The van der Waals surface area contributed by atoms with Gasteiger partial charge >= 0.3 is 0 Å². The van der Waals surface area contributed by atoms with Gasteiger partial charge in [0.05, 0.1) is 6.21 Å². The highest BCUT2D eigenvalue weighted by atomic mass is 79.9. The van der Waals surface area contributed by atoms with Crippen LogP contribution in [0.25, 0.3) is 0 Å². The molecule has 0 radical (unpaired) electrons. The van der Waals surface area contributed by atoms with Crippen LogP contribution in [0.3, 0.4) is 0 Å². The number of hydrazone groups is 1. The Morgan fingerprint density at radius 1 is 1.28 bits per heavy atom. The van der Waals surface area contributed by atoms with Crippen LogP contribution in [0.4, 0.5) is 15.3 Å². The summed E-state index contributed by atoms with van der Waals surface area (Å²) < 4.78 is 19.7. The van der Waals surface area contributed by atoms with E-state index in [-0.39, 0.29) is 5.82 Å². The maximum Gasteiger partial charge on any atom is 0.205 e. The van der Waals surface area contributed by atoms with Crippen molar-refractivity contribution in [2.75, 3.05) is 11.2 Å². The first-order chi connectivity index (χ1) is 12.1. The minimum Gasteiger partial charge on any atom is -0.488 e. The number of nitrogen functional groups attached to an aromatic ring is 1. The summed E-state index contributed by atoms with van der Waals surface area (Å²) in [5.41, 5.74) is 10.1. The summed E-state index contributed by atoms with van der Waals surface area (Å²) in [5, 5.41) is 6.50. The van der Waals surface area contributed by atoms with Crippen molar-refractivity contribution in [3.05, 3.63) is 69.3 Å². The molecular weight excluding hydrogens is 407 g/mol. The first-order valence-electron chi connectivity index (χ1n) is 7.27. The maximum absolute atomic E-state index is 13.0. The minimum absolute atomic E-state index is 0.269. The lowest BCUT2D eigenvalue weighted by atomic mass is 10.2. The predicted molar refractivity (Wildman–Crippen MR) is 103 cm³/mol. The standard InChI is InChI=1S/C17H14BrFN4OS/c18-13-3-6-15(24-9-11-1-4-14(19)5-2-11)12(7-13)8-21-23-17-22-16(20)10-25-17/h1-8,10H,9,20H2,(H,22,23). The number of benzene rings is 2.